The summed E-state index contributed by atoms with van der Waals surface area (Å²) in [6.45, 7) is 3.07. The molecule has 1 aliphatic heterocycles. The van der Waals surface area contributed by atoms with Crippen molar-refractivity contribution in [1.29, 1.82) is 0 Å². The van der Waals surface area contributed by atoms with Gasteiger partial charge in [-0.05, 0) is 43.5 Å². The fourth-order valence-electron chi connectivity index (χ4n) is 3.21. The van der Waals surface area contributed by atoms with Crippen LogP contribution in [0.1, 0.15) is 30.3 Å². The van der Waals surface area contributed by atoms with Crippen molar-refractivity contribution in [3.05, 3.63) is 40.9 Å². The minimum atomic E-state index is -3.51. The van der Waals surface area contributed by atoms with E-state index in [-0.39, 0.29) is 6.04 Å². The van der Waals surface area contributed by atoms with E-state index in [4.69, 9.17) is 16.3 Å². The van der Waals surface area contributed by atoms with Crippen LogP contribution in [0.3, 0.4) is 0 Å². The Labute approximate surface area is 152 Å². The maximum absolute atomic E-state index is 12.9. The van der Waals surface area contributed by atoms with Gasteiger partial charge in [-0.2, -0.15) is 4.31 Å². The van der Waals surface area contributed by atoms with Crippen molar-refractivity contribution in [3.63, 3.8) is 0 Å². The Morgan fingerprint density at radius 2 is 2.04 bits per heavy atom. The molecule has 1 fully saturated rings. The Kier molecular flexibility index (Phi) is 5.43. The van der Waals surface area contributed by atoms with Crippen LogP contribution < -0.4 is 0 Å². The first-order chi connectivity index (χ1) is 11.9. The Morgan fingerprint density at radius 3 is 2.68 bits per heavy atom. The van der Waals surface area contributed by atoms with Gasteiger partial charge in [0.15, 0.2) is 5.82 Å². The molecule has 0 unspecified atom stereocenters. The van der Waals surface area contributed by atoms with Crippen molar-refractivity contribution in [1.82, 2.24) is 19.1 Å². The number of ether oxygens (including phenoxy) is 1. The lowest BCUT2D eigenvalue weighted by molar-refractivity contribution is 0.167. The predicted octanol–water partition coefficient (Wildman–Crippen LogP) is 2.41. The van der Waals surface area contributed by atoms with Gasteiger partial charge in [0, 0.05) is 31.3 Å². The van der Waals surface area contributed by atoms with Crippen LogP contribution >= 0.6 is 11.6 Å². The molecule has 2 aromatic rings. The molecule has 1 aromatic carbocycles. The number of sulfonamides is 1. The van der Waals surface area contributed by atoms with Crippen LogP contribution in [-0.4, -0.2) is 47.7 Å². The summed E-state index contributed by atoms with van der Waals surface area (Å²) in [6, 6.07) is 5.05. The van der Waals surface area contributed by atoms with Gasteiger partial charge in [0.25, 0.3) is 0 Å². The molecule has 0 saturated carbocycles. The van der Waals surface area contributed by atoms with Crippen LogP contribution in [0, 0.1) is 6.92 Å². The van der Waals surface area contributed by atoms with E-state index < -0.39 is 10.0 Å². The first kappa shape index (κ1) is 18.3. The number of nitrogens with zero attached hydrogens (tertiary/aromatic N) is 4. The number of hydrogen-bond acceptors (Lipinski definition) is 5. The summed E-state index contributed by atoms with van der Waals surface area (Å²) in [5, 5.41) is 8.54. The van der Waals surface area contributed by atoms with Gasteiger partial charge in [-0.3, -0.25) is 0 Å². The molecule has 136 valence electrons. The van der Waals surface area contributed by atoms with Crippen molar-refractivity contribution in [2.45, 2.75) is 37.3 Å². The number of piperidine rings is 1. The standard InChI is InChI=1S/C16H21ClN4O3S/c1-12-9-13(17)3-4-15(12)25(22,23)20-7-5-14(6-8-20)21-11-18-19-16(21)10-24-2/h3-4,9,11,14H,5-8,10H2,1-2H3. The summed E-state index contributed by atoms with van der Waals surface area (Å²) >= 11 is 5.94. The highest BCUT2D eigenvalue weighted by atomic mass is 35.5. The molecule has 7 nitrogen and oxygen atoms in total. The zero-order valence-electron chi connectivity index (χ0n) is 14.2. The lowest BCUT2D eigenvalue weighted by Gasteiger charge is -2.32. The van der Waals surface area contributed by atoms with E-state index in [1.54, 1.807) is 42.9 Å². The van der Waals surface area contributed by atoms with Gasteiger partial charge in [0.05, 0.1) is 4.90 Å². The highest BCUT2D eigenvalue weighted by Gasteiger charge is 2.31. The second-order valence-corrected chi connectivity index (χ2v) is 8.48. The van der Waals surface area contributed by atoms with Crippen molar-refractivity contribution >= 4 is 21.6 Å². The number of halogens is 1. The van der Waals surface area contributed by atoms with Gasteiger partial charge in [-0.15, -0.1) is 10.2 Å². The molecule has 0 spiro atoms. The topological polar surface area (TPSA) is 77.3 Å². The van der Waals surface area contributed by atoms with Crippen molar-refractivity contribution in [2.75, 3.05) is 20.2 Å². The van der Waals surface area contributed by atoms with Gasteiger partial charge in [-0.25, -0.2) is 8.42 Å². The maximum Gasteiger partial charge on any atom is 0.243 e. The zero-order chi connectivity index (χ0) is 18.0. The summed E-state index contributed by atoms with van der Waals surface area (Å²) in [5.74, 6) is 0.761. The molecule has 3 rings (SSSR count). The highest BCUT2D eigenvalue weighted by Crippen LogP contribution is 2.29. The molecular weight excluding hydrogens is 364 g/mol. The van der Waals surface area contributed by atoms with E-state index in [1.165, 1.54) is 0 Å². The smallest absolute Gasteiger partial charge is 0.243 e. The third kappa shape index (κ3) is 3.72. The SMILES string of the molecule is COCc1nncn1C1CCN(S(=O)(=O)c2ccc(Cl)cc2C)CC1. The predicted molar refractivity (Wildman–Crippen MR) is 94.0 cm³/mol. The minimum Gasteiger partial charge on any atom is -0.377 e. The number of hydrogen-bond donors (Lipinski definition) is 0. The lowest BCUT2D eigenvalue weighted by Crippen LogP contribution is -2.39. The van der Waals surface area contributed by atoms with E-state index >= 15 is 0 Å². The molecule has 0 radical (unpaired) electrons. The largest absolute Gasteiger partial charge is 0.377 e. The van der Waals surface area contributed by atoms with E-state index in [2.05, 4.69) is 10.2 Å². The van der Waals surface area contributed by atoms with Crippen molar-refractivity contribution in [3.8, 4) is 0 Å². The highest BCUT2D eigenvalue weighted by molar-refractivity contribution is 7.89. The maximum atomic E-state index is 12.9. The third-order valence-corrected chi connectivity index (χ3v) is 6.79. The van der Waals surface area contributed by atoms with Gasteiger partial charge in [0.2, 0.25) is 10.0 Å². The molecule has 0 bridgehead atoms. The van der Waals surface area contributed by atoms with Gasteiger partial charge < -0.3 is 9.30 Å². The van der Waals surface area contributed by atoms with Gasteiger partial charge in [-0.1, -0.05) is 11.6 Å². The fourth-order valence-corrected chi connectivity index (χ4v) is 5.11. The molecule has 9 heteroatoms. The first-order valence-electron chi connectivity index (χ1n) is 8.07. The Morgan fingerprint density at radius 1 is 1.32 bits per heavy atom. The number of rotatable bonds is 5. The molecule has 2 heterocycles. The van der Waals surface area contributed by atoms with Gasteiger partial charge >= 0.3 is 0 Å². The lowest BCUT2D eigenvalue weighted by atomic mass is 10.1. The normalized spacial score (nSPS) is 17.1. The molecule has 1 aromatic heterocycles. The van der Waals surface area contributed by atoms with Crippen LogP contribution in [0.25, 0.3) is 0 Å². The van der Waals surface area contributed by atoms with Crippen LogP contribution in [0.5, 0.6) is 0 Å². The second-order valence-electron chi connectivity index (χ2n) is 6.13. The first-order valence-corrected chi connectivity index (χ1v) is 9.89. The summed E-state index contributed by atoms with van der Waals surface area (Å²) in [5.41, 5.74) is 0.663. The summed E-state index contributed by atoms with van der Waals surface area (Å²) < 4.78 is 34.5. The van der Waals surface area contributed by atoms with E-state index in [0.717, 1.165) is 5.82 Å². The average Bonchev–Trinajstić information content (AvgIpc) is 3.03. The Hall–Kier alpha value is -1.48. The molecule has 0 aliphatic carbocycles. The quantitative estimate of drug-likeness (QED) is 0.791. The number of methoxy groups -OCH3 is 1. The Balaban J connectivity index is 1.74. The summed E-state index contributed by atoms with van der Waals surface area (Å²) in [7, 11) is -1.90. The minimum absolute atomic E-state index is 0.179. The number of aromatic nitrogens is 3. The molecule has 1 saturated heterocycles. The molecule has 1 aliphatic rings. The monoisotopic (exact) mass is 384 g/mol. The molecular formula is C16H21ClN4O3S. The molecule has 25 heavy (non-hydrogen) atoms. The molecule has 0 amide bonds. The van der Waals surface area contributed by atoms with E-state index in [9.17, 15) is 8.42 Å². The van der Waals surface area contributed by atoms with Crippen LogP contribution in [0.4, 0.5) is 0 Å². The van der Waals surface area contributed by atoms with Crippen LogP contribution in [0.15, 0.2) is 29.4 Å². The number of benzene rings is 1. The third-order valence-electron chi connectivity index (χ3n) is 4.49. The van der Waals surface area contributed by atoms with Crippen LogP contribution in [-0.2, 0) is 21.4 Å². The molecule has 0 N–H and O–H groups in total. The average molecular weight is 385 g/mol. The molecule has 0 atom stereocenters. The van der Waals surface area contributed by atoms with Crippen molar-refractivity contribution < 1.29 is 13.2 Å². The number of aryl methyl sites for hydroxylation is 1. The van der Waals surface area contributed by atoms with E-state index in [0.29, 0.717) is 48.0 Å². The van der Waals surface area contributed by atoms with E-state index in [1.807, 2.05) is 4.57 Å². The fraction of sp³-hybridized carbons (Fsp3) is 0.500. The Bertz CT molecular complexity index is 845. The van der Waals surface area contributed by atoms with Crippen molar-refractivity contribution in [2.24, 2.45) is 0 Å². The zero-order valence-corrected chi connectivity index (χ0v) is 15.8. The summed E-state index contributed by atoms with van der Waals surface area (Å²) in [4.78, 5) is 0.319. The second kappa shape index (κ2) is 7.41. The summed E-state index contributed by atoms with van der Waals surface area (Å²) in [6.07, 6.45) is 3.10. The van der Waals surface area contributed by atoms with Gasteiger partial charge in [0.1, 0.15) is 12.9 Å². The van der Waals surface area contributed by atoms with Crippen LogP contribution in [0.2, 0.25) is 5.02 Å².